The Hall–Kier alpha value is -2.86. The molecule has 2 aromatic carbocycles. The number of hydrogen-bond donors (Lipinski definition) is 1. The molecule has 2 N–H and O–H groups in total. The van der Waals surface area contributed by atoms with Crippen LogP contribution in [-0.2, 0) is 11.2 Å². The standard InChI is InChI=1S/C24H29NO5/c1-14-15(2)23-21(16(3)22(14)29-17(4)26)20(27)12-24(5,30-23)13-28-19-8-6-18(7-9-19)10-11-25/h6-9H,10-13,25H2,1-5H3. The zero-order valence-electron chi connectivity index (χ0n) is 18.3. The lowest BCUT2D eigenvalue weighted by Gasteiger charge is -2.36. The molecule has 1 unspecified atom stereocenters. The van der Waals surface area contributed by atoms with Crippen molar-refractivity contribution in [3.8, 4) is 17.2 Å². The summed E-state index contributed by atoms with van der Waals surface area (Å²) in [7, 11) is 0. The minimum Gasteiger partial charge on any atom is -0.489 e. The molecule has 0 amide bonds. The first-order chi connectivity index (χ1) is 14.1. The molecule has 1 aliphatic heterocycles. The summed E-state index contributed by atoms with van der Waals surface area (Å²) in [6, 6.07) is 7.77. The van der Waals surface area contributed by atoms with Crippen LogP contribution in [0.3, 0.4) is 0 Å². The maximum Gasteiger partial charge on any atom is 0.308 e. The molecule has 6 nitrogen and oxygen atoms in total. The van der Waals surface area contributed by atoms with E-state index >= 15 is 0 Å². The van der Waals surface area contributed by atoms with E-state index in [1.807, 2.05) is 45.0 Å². The van der Waals surface area contributed by atoms with Crippen molar-refractivity contribution in [1.29, 1.82) is 0 Å². The lowest BCUT2D eigenvalue weighted by Crippen LogP contribution is -2.45. The van der Waals surface area contributed by atoms with E-state index in [-0.39, 0.29) is 18.8 Å². The summed E-state index contributed by atoms with van der Waals surface area (Å²) >= 11 is 0. The van der Waals surface area contributed by atoms with E-state index in [9.17, 15) is 9.59 Å². The number of ether oxygens (including phenoxy) is 3. The molecule has 0 saturated heterocycles. The summed E-state index contributed by atoms with van der Waals surface area (Å²) in [6.45, 7) is 9.58. The van der Waals surface area contributed by atoms with Crippen LogP contribution in [0, 0.1) is 20.8 Å². The molecule has 0 spiro atoms. The van der Waals surface area contributed by atoms with Gasteiger partial charge in [0, 0.05) is 12.5 Å². The summed E-state index contributed by atoms with van der Waals surface area (Å²) in [6.07, 6.45) is 0.994. The van der Waals surface area contributed by atoms with E-state index in [0.29, 0.717) is 34.9 Å². The summed E-state index contributed by atoms with van der Waals surface area (Å²) in [5.74, 6) is 1.23. The lowest BCUT2D eigenvalue weighted by molar-refractivity contribution is -0.132. The topological polar surface area (TPSA) is 87.9 Å². The molecular weight excluding hydrogens is 382 g/mol. The van der Waals surface area contributed by atoms with E-state index < -0.39 is 11.6 Å². The lowest BCUT2D eigenvalue weighted by atomic mass is 9.86. The molecule has 1 aliphatic rings. The van der Waals surface area contributed by atoms with Gasteiger partial charge in [-0.3, -0.25) is 9.59 Å². The van der Waals surface area contributed by atoms with E-state index in [0.717, 1.165) is 23.1 Å². The van der Waals surface area contributed by atoms with Crippen LogP contribution in [0.4, 0.5) is 0 Å². The Morgan fingerprint density at radius 2 is 1.80 bits per heavy atom. The summed E-state index contributed by atoms with van der Waals surface area (Å²) < 4.78 is 17.6. The molecule has 30 heavy (non-hydrogen) atoms. The van der Waals surface area contributed by atoms with Crippen LogP contribution < -0.4 is 19.9 Å². The van der Waals surface area contributed by atoms with Gasteiger partial charge in [0.25, 0.3) is 0 Å². The smallest absolute Gasteiger partial charge is 0.308 e. The van der Waals surface area contributed by atoms with Gasteiger partial charge in [-0.1, -0.05) is 12.1 Å². The number of carbonyl (C=O) groups is 2. The normalized spacial score (nSPS) is 17.9. The van der Waals surface area contributed by atoms with E-state index in [2.05, 4.69) is 0 Å². The van der Waals surface area contributed by atoms with E-state index in [1.165, 1.54) is 6.92 Å². The second-order valence-electron chi connectivity index (χ2n) is 8.13. The van der Waals surface area contributed by atoms with E-state index in [4.69, 9.17) is 19.9 Å². The molecule has 0 aliphatic carbocycles. The number of benzene rings is 2. The van der Waals surface area contributed by atoms with Crippen molar-refractivity contribution in [2.45, 2.75) is 53.1 Å². The zero-order chi connectivity index (χ0) is 22.1. The third kappa shape index (κ3) is 4.33. The van der Waals surface area contributed by atoms with Gasteiger partial charge in [0.1, 0.15) is 29.5 Å². The van der Waals surface area contributed by atoms with Crippen molar-refractivity contribution in [2.24, 2.45) is 5.73 Å². The van der Waals surface area contributed by atoms with Crippen LogP contribution in [0.2, 0.25) is 0 Å². The highest BCUT2D eigenvalue weighted by Gasteiger charge is 2.40. The van der Waals surface area contributed by atoms with Crippen LogP contribution in [0.1, 0.15) is 52.9 Å². The van der Waals surface area contributed by atoms with Gasteiger partial charge in [-0.2, -0.15) is 0 Å². The third-order valence-corrected chi connectivity index (χ3v) is 5.49. The first-order valence-electron chi connectivity index (χ1n) is 10.1. The van der Waals surface area contributed by atoms with Crippen molar-refractivity contribution in [2.75, 3.05) is 13.2 Å². The van der Waals surface area contributed by atoms with E-state index in [1.54, 1.807) is 6.92 Å². The second kappa shape index (κ2) is 8.48. The maximum atomic E-state index is 13.1. The van der Waals surface area contributed by atoms with Crippen molar-refractivity contribution in [3.05, 3.63) is 52.1 Å². The minimum atomic E-state index is -0.799. The SMILES string of the molecule is CC(=O)Oc1c(C)c(C)c2c(c1C)C(=O)CC(C)(COc1ccc(CCN)cc1)O2. The predicted octanol–water partition coefficient (Wildman–Crippen LogP) is 3.84. The summed E-state index contributed by atoms with van der Waals surface area (Å²) in [5, 5.41) is 0. The van der Waals surface area contributed by atoms with Gasteiger partial charge in [-0.05, 0) is 69.5 Å². The quantitative estimate of drug-likeness (QED) is 0.574. The molecule has 1 atom stereocenters. The average Bonchev–Trinajstić information content (AvgIpc) is 2.69. The third-order valence-electron chi connectivity index (χ3n) is 5.49. The molecule has 1 heterocycles. The highest BCUT2D eigenvalue weighted by Crippen LogP contribution is 2.43. The Bertz CT molecular complexity index is 980. The first kappa shape index (κ1) is 21.8. The molecule has 0 aromatic heterocycles. The van der Waals surface area contributed by atoms with Crippen molar-refractivity contribution >= 4 is 11.8 Å². The van der Waals surface area contributed by atoms with Gasteiger partial charge in [0.05, 0.1) is 12.0 Å². The molecule has 0 radical (unpaired) electrons. The van der Waals surface area contributed by atoms with Gasteiger partial charge < -0.3 is 19.9 Å². The minimum absolute atomic E-state index is 0.0466. The number of ketones is 1. The highest BCUT2D eigenvalue weighted by atomic mass is 16.5. The largest absolute Gasteiger partial charge is 0.489 e. The van der Waals surface area contributed by atoms with Crippen molar-refractivity contribution < 1.29 is 23.8 Å². The molecule has 2 aromatic rings. The van der Waals surface area contributed by atoms with Gasteiger partial charge in [0.15, 0.2) is 5.78 Å². The number of hydrogen-bond acceptors (Lipinski definition) is 6. The Kier molecular flexibility index (Phi) is 6.17. The van der Waals surface area contributed by atoms with Crippen LogP contribution >= 0.6 is 0 Å². The fraction of sp³-hybridized carbons (Fsp3) is 0.417. The van der Waals surface area contributed by atoms with Gasteiger partial charge in [-0.15, -0.1) is 0 Å². The molecule has 0 bridgehead atoms. The predicted molar refractivity (Wildman–Crippen MR) is 115 cm³/mol. The number of Topliss-reactive ketones (excluding diaryl/α,β-unsaturated/α-hetero) is 1. The maximum absolute atomic E-state index is 13.1. The van der Waals surface area contributed by atoms with Gasteiger partial charge in [0.2, 0.25) is 0 Å². The molecule has 6 heteroatoms. The molecule has 3 rings (SSSR count). The number of nitrogens with two attached hydrogens (primary N) is 1. The Morgan fingerprint density at radius 1 is 1.13 bits per heavy atom. The first-order valence-corrected chi connectivity index (χ1v) is 10.1. The number of fused-ring (bicyclic) bond motifs is 1. The molecule has 0 fully saturated rings. The average molecular weight is 411 g/mol. The van der Waals surface area contributed by atoms with Gasteiger partial charge in [-0.25, -0.2) is 0 Å². The molecule has 0 saturated carbocycles. The Morgan fingerprint density at radius 3 is 2.40 bits per heavy atom. The Balaban J connectivity index is 1.85. The highest BCUT2D eigenvalue weighted by molar-refractivity contribution is 6.03. The fourth-order valence-electron chi connectivity index (χ4n) is 3.80. The van der Waals surface area contributed by atoms with Crippen molar-refractivity contribution in [1.82, 2.24) is 0 Å². The number of rotatable bonds is 6. The number of esters is 1. The molecule has 160 valence electrons. The summed E-state index contributed by atoms with van der Waals surface area (Å²) in [5.41, 5.74) is 8.63. The van der Waals surface area contributed by atoms with Crippen LogP contribution in [0.25, 0.3) is 0 Å². The summed E-state index contributed by atoms with van der Waals surface area (Å²) in [4.78, 5) is 24.6. The Labute approximate surface area is 177 Å². The number of carbonyl (C=O) groups excluding carboxylic acids is 2. The fourth-order valence-corrected chi connectivity index (χ4v) is 3.80. The monoisotopic (exact) mass is 411 g/mol. The van der Waals surface area contributed by atoms with Crippen LogP contribution in [-0.4, -0.2) is 30.5 Å². The van der Waals surface area contributed by atoms with Crippen molar-refractivity contribution in [3.63, 3.8) is 0 Å². The molecular formula is C24H29NO5. The van der Waals surface area contributed by atoms with Gasteiger partial charge >= 0.3 is 5.97 Å². The van der Waals surface area contributed by atoms with Crippen LogP contribution in [0.15, 0.2) is 24.3 Å². The second-order valence-corrected chi connectivity index (χ2v) is 8.13. The zero-order valence-corrected chi connectivity index (χ0v) is 18.3. The van der Waals surface area contributed by atoms with Crippen LogP contribution in [0.5, 0.6) is 17.2 Å².